The van der Waals surface area contributed by atoms with E-state index in [4.69, 9.17) is 16.3 Å². The highest BCUT2D eigenvalue weighted by molar-refractivity contribution is 6.51. The summed E-state index contributed by atoms with van der Waals surface area (Å²) in [5.74, 6) is -2.15. The Morgan fingerprint density at radius 3 is 2.42 bits per heavy atom. The van der Waals surface area contributed by atoms with Crippen LogP contribution < -0.4 is 9.64 Å². The Balaban J connectivity index is 1.90. The molecule has 0 aliphatic carbocycles. The Morgan fingerprint density at radius 1 is 1.03 bits per heavy atom. The highest BCUT2D eigenvalue weighted by Crippen LogP contribution is 2.43. The zero-order valence-electron chi connectivity index (χ0n) is 18.0. The third-order valence-corrected chi connectivity index (χ3v) is 5.51. The molecular formula is C26H21ClFNO4. The Labute approximate surface area is 195 Å². The van der Waals surface area contributed by atoms with Gasteiger partial charge in [-0.05, 0) is 49.7 Å². The van der Waals surface area contributed by atoms with Crippen LogP contribution >= 0.6 is 11.6 Å². The second-order valence-electron chi connectivity index (χ2n) is 7.87. The van der Waals surface area contributed by atoms with Crippen LogP contribution in [0.15, 0.2) is 78.4 Å². The van der Waals surface area contributed by atoms with Gasteiger partial charge in [-0.2, -0.15) is 0 Å². The SMILES string of the molecule is CC(C)Oc1cccc(/C(O)=C2\C(=O)C(=O)N(c3ccc(F)c(Cl)c3)C2c2ccccc2)c1. The van der Waals surface area contributed by atoms with Gasteiger partial charge in [0.05, 0.1) is 22.7 Å². The molecule has 0 bridgehead atoms. The van der Waals surface area contributed by atoms with Gasteiger partial charge in [0.1, 0.15) is 17.3 Å². The van der Waals surface area contributed by atoms with Crippen LogP contribution in [0, 0.1) is 5.82 Å². The lowest BCUT2D eigenvalue weighted by Crippen LogP contribution is -2.29. The zero-order chi connectivity index (χ0) is 23.7. The van der Waals surface area contributed by atoms with Gasteiger partial charge in [-0.15, -0.1) is 0 Å². The van der Waals surface area contributed by atoms with E-state index in [2.05, 4.69) is 0 Å². The summed E-state index contributed by atoms with van der Waals surface area (Å²) in [4.78, 5) is 27.5. The van der Waals surface area contributed by atoms with Crippen LogP contribution in [0.3, 0.4) is 0 Å². The number of ether oxygens (including phenoxy) is 1. The molecular weight excluding hydrogens is 445 g/mol. The summed E-state index contributed by atoms with van der Waals surface area (Å²) < 4.78 is 19.5. The lowest BCUT2D eigenvalue weighted by molar-refractivity contribution is -0.132. The van der Waals surface area contributed by atoms with Gasteiger partial charge in [0.25, 0.3) is 11.7 Å². The Kier molecular flexibility index (Phi) is 6.20. The number of nitrogens with zero attached hydrogens (tertiary/aromatic N) is 1. The van der Waals surface area contributed by atoms with E-state index in [0.717, 1.165) is 6.07 Å². The maximum absolute atomic E-state index is 13.8. The standard InChI is InChI=1S/C26H21ClFNO4/c1-15(2)33-19-10-6-9-17(13-19)24(30)22-23(16-7-4-3-5-8-16)29(26(32)25(22)31)18-11-12-21(28)20(27)14-18/h3-15,23,30H,1-2H3/b24-22+. The van der Waals surface area contributed by atoms with Crippen molar-refractivity contribution in [1.82, 2.24) is 0 Å². The zero-order valence-corrected chi connectivity index (χ0v) is 18.7. The molecule has 3 aromatic carbocycles. The number of halogens is 2. The van der Waals surface area contributed by atoms with Gasteiger partial charge in [-0.3, -0.25) is 14.5 Å². The molecule has 1 atom stereocenters. The Morgan fingerprint density at radius 2 is 1.76 bits per heavy atom. The number of benzene rings is 3. The van der Waals surface area contributed by atoms with Crippen LogP contribution in [0.5, 0.6) is 5.75 Å². The largest absolute Gasteiger partial charge is 0.507 e. The molecule has 0 saturated carbocycles. The van der Waals surface area contributed by atoms with Crippen molar-refractivity contribution in [3.8, 4) is 5.75 Å². The summed E-state index contributed by atoms with van der Waals surface area (Å²) >= 11 is 5.95. The molecule has 1 aliphatic rings. The molecule has 0 aromatic heterocycles. The minimum Gasteiger partial charge on any atom is -0.507 e. The van der Waals surface area contributed by atoms with Gasteiger partial charge in [-0.25, -0.2) is 4.39 Å². The first-order valence-corrected chi connectivity index (χ1v) is 10.7. The lowest BCUT2D eigenvalue weighted by Gasteiger charge is -2.25. The van der Waals surface area contributed by atoms with E-state index in [1.165, 1.54) is 17.0 Å². The highest BCUT2D eigenvalue weighted by atomic mass is 35.5. The van der Waals surface area contributed by atoms with Crippen LogP contribution in [0.2, 0.25) is 5.02 Å². The number of aliphatic hydroxyl groups excluding tert-OH is 1. The summed E-state index contributed by atoms with van der Waals surface area (Å²) in [6, 6.07) is 18.4. The van der Waals surface area contributed by atoms with E-state index in [9.17, 15) is 19.1 Å². The van der Waals surface area contributed by atoms with E-state index in [1.54, 1.807) is 54.6 Å². The fraction of sp³-hybridized carbons (Fsp3) is 0.154. The third kappa shape index (κ3) is 4.34. The highest BCUT2D eigenvalue weighted by Gasteiger charge is 2.47. The summed E-state index contributed by atoms with van der Waals surface area (Å²) in [5, 5.41) is 11.0. The molecule has 1 unspecified atom stereocenters. The van der Waals surface area contributed by atoms with Gasteiger partial charge in [0, 0.05) is 11.3 Å². The topological polar surface area (TPSA) is 66.8 Å². The van der Waals surface area contributed by atoms with Gasteiger partial charge in [0.2, 0.25) is 0 Å². The van der Waals surface area contributed by atoms with E-state index in [0.29, 0.717) is 16.9 Å². The normalized spacial score (nSPS) is 17.6. The van der Waals surface area contributed by atoms with Crippen molar-refractivity contribution in [1.29, 1.82) is 0 Å². The molecule has 33 heavy (non-hydrogen) atoms. The average Bonchev–Trinajstić information content (AvgIpc) is 3.06. The lowest BCUT2D eigenvalue weighted by atomic mass is 9.95. The molecule has 0 radical (unpaired) electrons. The quantitative estimate of drug-likeness (QED) is 0.290. The van der Waals surface area contributed by atoms with E-state index in [-0.39, 0.29) is 28.1 Å². The number of amides is 1. The molecule has 1 heterocycles. The first-order valence-electron chi connectivity index (χ1n) is 10.4. The maximum atomic E-state index is 13.8. The molecule has 1 fully saturated rings. The number of Topliss-reactive ketones (excluding diaryl/α,β-unsaturated/α-hetero) is 1. The Hall–Kier alpha value is -3.64. The fourth-order valence-electron chi connectivity index (χ4n) is 3.83. The summed E-state index contributed by atoms with van der Waals surface area (Å²) in [5.41, 5.74) is 1.11. The summed E-state index contributed by atoms with van der Waals surface area (Å²) in [6.07, 6.45) is -0.0829. The van der Waals surface area contributed by atoms with Gasteiger partial charge in [0.15, 0.2) is 0 Å². The van der Waals surface area contributed by atoms with Crippen molar-refractivity contribution in [2.24, 2.45) is 0 Å². The van der Waals surface area contributed by atoms with Gasteiger partial charge >= 0.3 is 0 Å². The van der Waals surface area contributed by atoms with E-state index >= 15 is 0 Å². The number of hydrogen-bond acceptors (Lipinski definition) is 4. The van der Waals surface area contributed by atoms with Crippen molar-refractivity contribution < 1.29 is 23.8 Å². The molecule has 168 valence electrons. The number of hydrogen-bond donors (Lipinski definition) is 1. The maximum Gasteiger partial charge on any atom is 0.300 e. The van der Waals surface area contributed by atoms with Crippen molar-refractivity contribution in [2.45, 2.75) is 26.0 Å². The summed E-state index contributed by atoms with van der Waals surface area (Å²) in [6.45, 7) is 3.75. The number of aliphatic hydroxyl groups is 1. The monoisotopic (exact) mass is 465 g/mol. The number of anilines is 1. The Bertz CT molecular complexity index is 1260. The molecule has 5 nitrogen and oxygen atoms in total. The van der Waals surface area contributed by atoms with Crippen LogP contribution in [-0.4, -0.2) is 22.9 Å². The first-order chi connectivity index (χ1) is 15.8. The molecule has 1 N–H and O–H groups in total. The number of rotatable bonds is 5. The average molecular weight is 466 g/mol. The van der Waals surface area contributed by atoms with Crippen LogP contribution in [0.1, 0.15) is 31.0 Å². The smallest absolute Gasteiger partial charge is 0.300 e. The summed E-state index contributed by atoms with van der Waals surface area (Å²) in [7, 11) is 0. The third-order valence-electron chi connectivity index (χ3n) is 5.22. The second kappa shape index (κ2) is 9.08. The molecule has 4 rings (SSSR count). The number of carbonyl (C=O) groups is 2. The molecule has 1 aliphatic heterocycles. The first kappa shape index (κ1) is 22.6. The van der Waals surface area contributed by atoms with Crippen molar-refractivity contribution in [3.63, 3.8) is 0 Å². The predicted octanol–water partition coefficient (Wildman–Crippen LogP) is 5.89. The van der Waals surface area contributed by atoms with Crippen LogP contribution in [0.25, 0.3) is 5.76 Å². The second-order valence-corrected chi connectivity index (χ2v) is 8.28. The molecule has 0 spiro atoms. The van der Waals surface area contributed by atoms with E-state index in [1.807, 2.05) is 13.8 Å². The molecule has 1 amide bonds. The molecule has 3 aromatic rings. The van der Waals surface area contributed by atoms with Crippen molar-refractivity contribution >= 4 is 34.7 Å². The van der Waals surface area contributed by atoms with Crippen molar-refractivity contribution in [2.75, 3.05) is 4.90 Å². The van der Waals surface area contributed by atoms with Crippen LogP contribution in [-0.2, 0) is 9.59 Å². The minimum absolute atomic E-state index is 0.0756. The molecule has 1 saturated heterocycles. The number of carbonyl (C=O) groups excluding carboxylic acids is 2. The van der Waals surface area contributed by atoms with E-state index < -0.39 is 23.5 Å². The van der Waals surface area contributed by atoms with Crippen LogP contribution in [0.4, 0.5) is 10.1 Å². The van der Waals surface area contributed by atoms with Gasteiger partial charge in [-0.1, -0.05) is 54.1 Å². The fourth-order valence-corrected chi connectivity index (χ4v) is 4.00. The predicted molar refractivity (Wildman–Crippen MR) is 125 cm³/mol. The number of ketones is 1. The van der Waals surface area contributed by atoms with Crippen molar-refractivity contribution in [3.05, 3.63) is 100 Å². The van der Waals surface area contributed by atoms with Gasteiger partial charge < -0.3 is 9.84 Å². The molecule has 7 heteroatoms. The minimum atomic E-state index is -0.928.